The minimum absolute atomic E-state index is 0.0683. The van der Waals surface area contributed by atoms with Crippen molar-refractivity contribution in [2.45, 2.75) is 26.4 Å². The lowest BCUT2D eigenvalue weighted by molar-refractivity contribution is -0.140. The van der Waals surface area contributed by atoms with Gasteiger partial charge in [0.1, 0.15) is 17.3 Å². The van der Waals surface area contributed by atoms with Crippen molar-refractivity contribution in [2.24, 2.45) is 0 Å². The van der Waals surface area contributed by atoms with E-state index in [4.69, 9.17) is 25.8 Å². The van der Waals surface area contributed by atoms with Crippen molar-refractivity contribution in [2.75, 3.05) is 20.3 Å². The topological polar surface area (TPSA) is 106 Å². The summed E-state index contributed by atoms with van der Waals surface area (Å²) < 4.78 is 16.4. The molecule has 0 aliphatic carbocycles. The Bertz CT molecular complexity index is 1400. The molecule has 8 nitrogen and oxygen atoms in total. The van der Waals surface area contributed by atoms with Gasteiger partial charge >= 0.3 is 0 Å². The number of amides is 1. The molecule has 1 amide bonds. The number of halogens is 1. The van der Waals surface area contributed by atoms with Crippen LogP contribution in [0.5, 0.6) is 23.0 Å². The van der Waals surface area contributed by atoms with E-state index in [0.29, 0.717) is 35.3 Å². The van der Waals surface area contributed by atoms with Gasteiger partial charge in [0.25, 0.3) is 11.7 Å². The minimum atomic E-state index is -0.966. The lowest BCUT2D eigenvalue weighted by atomic mass is 9.94. The molecule has 1 fully saturated rings. The molecular formula is C29H28ClNO7. The standard InChI is InChI=1S/C29H28ClNO7/c1-4-37-23-15-19(9-11-21(23)30)27(33)25-26(18-10-12-22(32)24(14-18)38-5-2)31(29(35)28(25)34)16-17-7-6-8-20(13-17)36-3/h6-15,26,32-33H,4-5,16H2,1-3H3/b27-25-. The predicted octanol–water partition coefficient (Wildman–Crippen LogP) is 5.47. The Hall–Kier alpha value is -4.17. The number of nitrogens with zero attached hydrogens (tertiary/aromatic N) is 1. The lowest BCUT2D eigenvalue weighted by Crippen LogP contribution is -2.29. The first kappa shape index (κ1) is 26.9. The molecule has 1 heterocycles. The fourth-order valence-electron chi connectivity index (χ4n) is 4.40. The smallest absolute Gasteiger partial charge is 0.295 e. The maximum Gasteiger partial charge on any atom is 0.295 e. The van der Waals surface area contributed by atoms with Gasteiger partial charge in [-0.3, -0.25) is 9.59 Å². The summed E-state index contributed by atoms with van der Waals surface area (Å²) in [4.78, 5) is 28.2. The highest BCUT2D eigenvalue weighted by atomic mass is 35.5. The molecule has 0 bridgehead atoms. The van der Waals surface area contributed by atoms with E-state index in [0.717, 1.165) is 5.56 Å². The monoisotopic (exact) mass is 537 g/mol. The number of rotatable bonds is 9. The second kappa shape index (κ2) is 11.5. The number of carbonyl (C=O) groups is 2. The van der Waals surface area contributed by atoms with Crippen LogP contribution in [0.4, 0.5) is 0 Å². The summed E-state index contributed by atoms with van der Waals surface area (Å²) in [5.41, 5.74) is 1.38. The number of aromatic hydroxyl groups is 1. The van der Waals surface area contributed by atoms with E-state index in [1.807, 2.05) is 6.07 Å². The van der Waals surface area contributed by atoms with Crippen LogP contribution in [0.25, 0.3) is 5.76 Å². The Morgan fingerprint density at radius 1 is 0.974 bits per heavy atom. The number of methoxy groups -OCH3 is 1. The largest absolute Gasteiger partial charge is 0.507 e. The molecule has 2 N–H and O–H groups in total. The fourth-order valence-corrected chi connectivity index (χ4v) is 4.57. The fraction of sp³-hybridized carbons (Fsp3) is 0.241. The minimum Gasteiger partial charge on any atom is -0.507 e. The van der Waals surface area contributed by atoms with Gasteiger partial charge in [0, 0.05) is 12.1 Å². The van der Waals surface area contributed by atoms with Gasteiger partial charge in [0.15, 0.2) is 11.5 Å². The summed E-state index contributed by atoms with van der Waals surface area (Å²) in [6.45, 7) is 4.29. The first-order chi connectivity index (χ1) is 18.3. The van der Waals surface area contributed by atoms with Gasteiger partial charge in [0.05, 0.1) is 37.0 Å². The maximum atomic E-state index is 13.4. The van der Waals surface area contributed by atoms with Crippen molar-refractivity contribution in [1.82, 2.24) is 4.90 Å². The van der Waals surface area contributed by atoms with Crippen LogP contribution in [0.15, 0.2) is 66.2 Å². The number of benzene rings is 3. The molecule has 1 atom stereocenters. The summed E-state index contributed by atoms with van der Waals surface area (Å²) in [7, 11) is 1.54. The van der Waals surface area contributed by atoms with Crippen molar-refractivity contribution < 1.29 is 34.0 Å². The molecule has 4 rings (SSSR count). The van der Waals surface area contributed by atoms with Crippen LogP contribution in [-0.2, 0) is 16.1 Å². The van der Waals surface area contributed by atoms with Gasteiger partial charge in [-0.15, -0.1) is 0 Å². The van der Waals surface area contributed by atoms with Crippen molar-refractivity contribution >= 4 is 29.1 Å². The molecule has 9 heteroatoms. The highest BCUT2D eigenvalue weighted by Gasteiger charge is 2.46. The van der Waals surface area contributed by atoms with Crippen molar-refractivity contribution in [3.05, 3.63) is 87.9 Å². The Balaban J connectivity index is 1.89. The van der Waals surface area contributed by atoms with Gasteiger partial charge in [-0.25, -0.2) is 0 Å². The summed E-state index contributed by atoms with van der Waals surface area (Å²) in [5.74, 6) is -0.933. The maximum absolute atomic E-state index is 13.4. The molecule has 0 saturated carbocycles. The van der Waals surface area contributed by atoms with E-state index in [1.165, 1.54) is 17.0 Å². The molecule has 1 aliphatic heterocycles. The van der Waals surface area contributed by atoms with Gasteiger partial charge in [-0.1, -0.05) is 29.8 Å². The van der Waals surface area contributed by atoms with E-state index < -0.39 is 17.7 Å². The second-order valence-corrected chi connectivity index (χ2v) is 8.92. The first-order valence-electron chi connectivity index (χ1n) is 12.1. The number of Topliss-reactive ketones (excluding diaryl/α,β-unsaturated/α-hetero) is 1. The molecule has 198 valence electrons. The Morgan fingerprint density at radius 3 is 2.42 bits per heavy atom. The van der Waals surface area contributed by atoms with E-state index in [1.54, 1.807) is 63.4 Å². The molecule has 0 aromatic heterocycles. The van der Waals surface area contributed by atoms with Gasteiger partial charge in [0.2, 0.25) is 0 Å². The van der Waals surface area contributed by atoms with Crippen LogP contribution in [0.3, 0.4) is 0 Å². The van der Waals surface area contributed by atoms with Crippen LogP contribution >= 0.6 is 11.6 Å². The lowest BCUT2D eigenvalue weighted by Gasteiger charge is -2.26. The van der Waals surface area contributed by atoms with Gasteiger partial charge < -0.3 is 29.3 Å². The zero-order chi connectivity index (χ0) is 27.4. The third kappa shape index (κ3) is 5.26. The molecule has 1 unspecified atom stereocenters. The number of phenolic OH excluding ortho intramolecular Hbond substituents is 1. The molecule has 3 aromatic carbocycles. The normalized spacial score (nSPS) is 16.5. The van der Waals surface area contributed by atoms with Crippen LogP contribution in [0, 0.1) is 0 Å². The van der Waals surface area contributed by atoms with Crippen LogP contribution < -0.4 is 14.2 Å². The van der Waals surface area contributed by atoms with Gasteiger partial charge in [-0.05, 0) is 67.4 Å². The van der Waals surface area contributed by atoms with E-state index in [-0.39, 0.29) is 34.9 Å². The average Bonchev–Trinajstić information content (AvgIpc) is 3.16. The number of aliphatic hydroxyl groups is 1. The Labute approximate surface area is 225 Å². The third-order valence-electron chi connectivity index (χ3n) is 6.13. The highest BCUT2D eigenvalue weighted by Crippen LogP contribution is 2.43. The van der Waals surface area contributed by atoms with Crippen molar-refractivity contribution in [3.63, 3.8) is 0 Å². The number of aliphatic hydroxyl groups excluding tert-OH is 1. The first-order valence-corrected chi connectivity index (χ1v) is 12.5. The quantitative estimate of drug-likeness (QED) is 0.212. The molecule has 0 spiro atoms. The zero-order valence-corrected chi connectivity index (χ0v) is 22.0. The summed E-state index contributed by atoms with van der Waals surface area (Å²) in [6, 6.07) is 15.4. The average molecular weight is 538 g/mol. The number of likely N-dealkylation sites (tertiary alicyclic amines) is 1. The Morgan fingerprint density at radius 2 is 1.71 bits per heavy atom. The SMILES string of the molecule is CCOc1cc(C2/C(=C(/O)c3ccc(Cl)c(OCC)c3)C(=O)C(=O)N2Cc2cccc(OC)c2)ccc1O. The third-order valence-corrected chi connectivity index (χ3v) is 6.44. The molecule has 38 heavy (non-hydrogen) atoms. The van der Waals surface area contributed by atoms with E-state index in [2.05, 4.69) is 0 Å². The van der Waals surface area contributed by atoms with Crippen LogP contribution in [0.2, 0.25) is 5.02 Å². The highest BCUT2D eigenvalue weighted by molar-refractivity contribution is 6.46. The van der Waals surface area contributed by atoms with Crippen molar-refractivity contribution in [1.29, 1.82) is 0 Å². The second-order valence-electron chi connectivity index (χ2n) is 8.52. The molecule has 3 aromatic rings. The Kier molecular flexibility index (Phi) is 8.12. The van der Waals surface area contributed by atoms with Crippen molar-refractivity contribution in [3.8, 4) is 23.0 Å². The van der Waals surface area contributed by atoms with E-state index in [9.17, 15) is 19.8 Å². The molecular weight excluding hydrogens is 510 g/mol. The number of ketones is 1. The zero-order valence-electron chi connectivity index (χ0n) is 21.2. The number of hydrogen-bond acceptors (Lipinski definition) is 7. The number of ether oxygens (including phenoxy) is 3. The molecule has 1 aliphatic rings. The summed E-state index contributed by atoms with van der Waals surface area (Å²) in [5, 5.41) is 22.0. The number of phenols is 1. The predicted molar refractivity (Wildman–Crippen MR) is 143 cm³/mol. The molecule has 1 saturated heterocycles. The van der Waals surface area contributed by atoms with Gasteiger partial charge in [-0.2, -0.15) is 0 Å². The number of carbonyl (C=O) groups excluding carboxylic acids is 2. The van der Waals surface area contributed by atoms with Crippen LogP contribution in [0.1, 0.15) is 36.6 Å². The summed E-state index contributed by atoms with van der Waals surface area (Å²) in [6.07, 6.45) is 0. The van der Waals surface area contributed by atoms with E-state index >= 15 is 0 Å². The number of hydrogen-bond donors (Lipinski definition) is 2. The molecule has 0 radical (unpaired) electrons. The van der Waals surface area contributed by atoms with Crippen LogP contribution in [-0.4, -0.2) is 47.1 Å². The summed E-state index contributed by atoms with van der Waals surface area (Å²) >= 11 is 6.22.